The Balaban J connectivity index is 3.27. The predicted octanol–water partition coefficient (Wildman–Crippen LogP) is 0.977. The summed E-state index contributed by atoms with van der Waals surface area (Å²) < 4.78 is 4.78. The molecule has 82 valence electrons. The molecule has 0 aromatic carbocycles. The molecule has 0 unspecified atom stereocenters. The normalized spacial score (nSPS) is 10.1. The van der Waals surface area contributed by atoms with Crippen LogP contribution in [0.4, 0.5) is 0 Å². The third kappa shape index (κ3) is 2.59. The van der Waals surface area contributed by atoms with Crippen molar-refractivity contribution in [2.75, 3.05) is 12.9 Å². The van der Waals surface area contributed by atoms with Crippen LogP contribution in [-0.4, -0.2) is 28.8 Å². The van der Waals surface area contributed by atoms with Crippen LogP contribution in [0.3, 0.4) is 0 Å². The van der Waals surface area contributed by atoms with Gasteiger partial charge in [-0.1, -0.05) is 0 Å². The van der Waals surface area contributed by atoms with Gasteiger partial charge < -0.3 is 9.72 Å². The van der Waals surface area contributed by atoms with Gasteiger partial charge in [-0.05, 0) is 20.1 Å². The molecule has 0 radical (unpaired) electrons. The third-order valence-corrected chi connectivity index (χ3v) is 2.36. The molecule has 1 rings (SSSR count). The number of carbonyl (C=O) groups is 1. The van der Waals surface area contributed by atoms with Crippen molar-refractivity contribution in [2.24, 2.45) is 0 Å². The van der Waals surface area contributed by atoms with E-state index in [0.29, 0.717) is 10.9 Å². The summed E-state index contributed by atoms with van der Waals surface area (Å²) in [6.07, 6.45) is 1.75. The number of aryl methyl sites for hydroxylation is 1. The number of hydrogen-bond donors (Lipinski definition) is 1. The standard InChI is InChI=1S/C9H12N2O3S/c1-4-14-9(13)6-7(12)10-5(2)11-8(6)15-3/h4H2,1-3H3,(H,10,11,12). The molecule has 0 spiro atoms. The topological polar surface area (TPSA) is 72.0 Å². The minimum absolute atomic E-state index is 0.0186. The van der Waals surface area contributed by atoms with Crippen molar-refractivity contribution < 1.29 is 9.53 Å². The maximum Gasteiger partial charge on any atom is 0.346 e. The van der Waals surface area contributed by atoms with E-state index in [-0.39, 0.29) is 12.2 Å². The number of aromatic nitrogens is 2. The SMILES string of the molecule is CCOC(=O)c1c(SC)nc(C)[nH]c1=O. The Morgan fingerprint density at radius 2 is 2.27 bits per heavy atom. The molecule has 6 heteroatoms. The fourth-order valence-corrected chi connectivity index (χ4v) is 1.70. The summed E-state index contributed by atoms with van der Waals surface area (Å²) in [5.41, 5.74) is -0.472. The molecule has 0 aliphatic rings. The van der Waals surface area contributed by atoms with Crippen molar-refractivity contribution in [1.29, 1.82) is 0 Å². The highest BCUT2D eigenvalue weighted by Crippen LogP contribution is 2.14. The maximum atomic E-state index is 11.5. The molecule has 0 fully saturated rings. The van der Waals surface area contributed by atoms with Gasteiger partial charge in [-0.25, -0.2) is 9.78 Å². The number of carbonyl (C=O) groups excluding carboxylic acids is 1. The summed E-state index contributed by atoms with van der Waals surface area (Å²) in [4.78, 5) is 29.5. The molecule has 0 saturated heterocycles. The second-order valence-corrected chi connectivity index (χ2v) is 3.55. The number of thioether (sulfide) groups is 1. The van der Waals surface area contributed by atoms with Crippen molar-refractivity contribution in [1.82, 2.24) is 9.97 Å². The highest BCUT2D eigenvalue weighted by molar-refractivity contribution is 7.98. The van der Waals surface area contributed by atoms with Crippen LogP contribution in [0.15, 0.2) is 9.82 Å². The van der Waals surface area contributed by atoms with Crippen LogP contribution in [0.2, 0.25) is 0 Å². The van der Waals surface area contributed by atoms with E-state index in [1.807, 2.05) is 0 Å². The first kappa shape index (κ1) is 11.8. The number of hydrogen-bond acceptors (Lipinski definition) is 5. The van der Waals surface area contributed by atoms with E-state index in [2.05, 4.69) is 9.97 Å². The van der Waals surface area contributed by atoms with Crippen molar-refractivity contribution in [3.63, 3.8) is 0 Å². The molecule has 1 heterocycles. The van der Waals surface area contributed by atoms with Gasteiger partial charge in [-0.2, -0.15) is 0 Å². The number of aromatic amines is 1. The smallest absolute Gasteiger partial charge is 0.346 e. The summed E-state index contributed by atoms with van der Waals surface area (Å²) in [6, 6.07) is 0. The lowest BCUT2D eigenvalue weighted by Gasteiger charge is -2.05. The Morgan fingerprint density at radius 1 is 1.60 bits per heavy atom. The molecular weight excluding hydrogens is 216 g/mol. The Kier molecular flexibility index (Phi) is 3.90. The van der Waals surface area contributed by atoms with Gasteiger partial charge in [0.05, 0.1) is 6.61 Å². The minimum atomic E-state index is -0.629. The maximum absolute atomic E-state index is 11.5. The number of nitrogens with zero attached hydrogens (tertiary/aromatic N) is 1. The summed E-state index contributed by atoms with van der Waals surface area (Å²) in [5, 5.41) is 0.398. The molecule has 0 aliphatic heterocycles. The average molecular weight is 228 g/mol. The lowest BCUT2D eigenvalue weighted by Crippen LogP contribution is -2.23. The highest BCUT2D eigenvalue weighted by atomic mass is 32.2. The first-order chi connectivity index (χ1) is 7.10. The van der Waals surface area contributed by atoms with Gasteiger partial charge in [-0.15, -0.1) is 11.8 Å². The molecule has 0 amide bonds. The molecule has 0 aliphatic carbocycles. The lowest BCUT2D eigenvalue weighted by molar-refractivity contribution is 0.0519. The van der Waals surface area contributed by atoms with Crippen LogP contribution in [0.5, 0.6) is 0 Å². The van der Waals surface area contributed by atoms with Crippen molar-refractivity contribution >= 4 is 17.7 Å². The van der Waals surface area contributed by atoms with E-state index in [0.717, 1.165) is 0 Å². The number of ether oxygens (including phenoxy) is 1. The van der Waals surface area contributed by atoms with Gasteiger partial charge in [0, 0.05) is 0 Å². The zero-order chi connectivity index (χ0) is 11.4. The van der Waals surface area contributed by atoms with Gasteiger partial charge >= 0.3 is 5.97 Å². The van der Waals surface area contributed by atoms with Gasteiger partial charge in [0.25, 0.3) is 5.56 Å². The Labute approximate surface area is 91.3 Å². The average Bonchev–Trinajstić information content (AvgIpc) is 2.16. The zero-order valence-corrected chi connectivity index (χ0v) is 9.60. The fourth-order valence-electron chi connectivity index (χ4n) is 1.09. The first-order valence-electron chi connectivity index (χ1n) is 4.42. The number of nitrogens with one attached hydrogen (secondary N) is 1. The van der Waals surface area contributed by atoms with Crippen LogP contribution in [-0.2, 0) is 4.74 Å². The Bertz CT molecular complexity index is 428. The van der Waals surface area contributed by atoms with Crippen molar-refractivity contribution in [2.45, 2.75) is 18.9 Å². The minimum Gasteiger partial charge on any atom is -0.462 e. The van der Waals surface area contributed by atoms with Crippen LogP contribution >= 0.6 is 11.8 Å². The molecule has 0 saturated carbocycles. The second-order valence-electron chi connectivity index (χ2n) is 2.76. The van der Waals surface area contributed by atoms with E-state index in [9.17, 15) is 9.59 Å². The number of rotatable bonds is 3. The molecule has 15 heavy (non-hydrogen) atoms. The van der Waals surface area contributed by atoms with E-state index in [1.165, 1.54) is 11.8 Å². The monoisotopic (exact) mass is 228 g/mol. The number of esters is 1. The van der Waals surface area contributed by atoms with Gasteiger partial charge in [0.1, 0.15) is 10.9 Å². The zero-order valence-electron chi connectivity index (χ0n) is 8.79. The predicted molar refractivity (Wildman–Crippen MR) is 57.3 cm³/mol. The van der Waals surface area contributed by atoms with Gasteiger partial charge in [0.15, 0.2) is 5.56 Å². The fraction of sp³-hybridized carbons (Fsp3) is 0.444. The quantitative estimate of drug-likeness (QED) is 0.474. The van der Waals surface area contributed by atoms with Gasteiger partial charge in [0.2, 0.25) is 0 Å². The molecule has 5 nitrogen and oxygen atoms in total. The molecule has 1 aromatic heterocycles. The van der Waals surface area contributed by atoms with E-state index >= 15 is 0 Å². The largest absolute Gasteiger partial charge is 0.462 e. The van der Waals surface area contributed by atoms with Crippen molar-refractivity contribution in [3.8, 4) is 0 Å². The second kappa shape index (κ2) is 4.97. The first-order valence-corrected chi connectivity index (χ1v) is 5.64. The highest BCUT2D eigenvalue weighted by Gasteiger charge is 2.18. The molecule has 1 N–H and O–H groups in total. The van der Waals surface area contributed by atoms with Crippen LogP contribution in [0, 0.1) is 6.92 Å². The van der Waals surface area contributed by atoms with E-state index in [1.54, 1.807) is 20.1 Å². The van der Waals surface area contributed by atoms with Crippen LogP contribution in [0.1, 0.15) is 23.1 Å². The number of H-pyrrole nitrogens is 1. The van der Waals surface area contributed by atoms with Crippen LogP contribution < -0.4 is 5.56 Å². The third-order valence-electron chi connectivity index (χ3n) is 1.68. The molecule has 0 atom stereocenters. The van der Waals surface area contributed by atoms with E-state index in [4.69, 9.17) is 4.74 Å². The molecular formula is C9H12N2O3S. The summed E-state index contributed by atoms with van der Waals surface area (Å²) >= 11 is 1.25. The Hall–Kier alpha value is -1.30. The van der Waals surface area contributed by atoms with Crippen LogP contribution in [0.25, 0.3) is 0 Å². The lowest BCUT2D eigenvalue weighted by atomic mass is 10.3. The summed E-state index contributed by atoms with van der Waals surface area (Å²) in [6.45, 7) is 3.59. The van der Waals surface area contributed by atoms with E-state index < -0.39 is 11.5 Å². The van der Waals surface area contributed by atoms with Crippen molar-refractivity contribution in [3.05, 3.63) is 21.7 Å². The molecule has 0 bridgehead atoms. The van der Waals surface area contributed by atoms with Gasteiger partial charge in [-0.3, -0.25) is 4.79 Å². The Morgan fingerprint density at radius 3 is 2.80 bits per heavy atom. The summed E-state index contributed by atoms with van der Waals surface area (Å²) in [7, 11) is 0. The summed E-state index contributed by atoms with van der Waals surface area (Å²) in [5.74, 6) is -0.145. The molecule has 1 aromatic rings.